The molecule has 3 fully saturated rings. The zero-order valence-corrected chi connectivity index (χ0v) is 22.8. The molecule has 2 aliphatic heterocycles. The van der Waals surface area contributed by atoms with Gasteiger partial charge in [0.25, 0.3) is 0 Å². The van der Waals surface area contributed by atoms with Crippen molar-refractivity contribution in [3.63, 3.8) is 0 Å². The van der Waals surface area contributed by atoms with Crippen LogP contribution in [0.5, 0.6) is 5.88 Å². The molecule has 2 bridgehead atoms. The Morgan fingerprint density at radius 3 is 2.69 bits per heavy atom. The number of piperazine rings is 1. The van der Waals surface area contributed by atoms with Gasteiger partial charge in [0.15, 0.2) is 11.2 Å². The first-order chi connectivity index (χ1) is 18.9. The molecule has 2 unspecified atom stereocenters. The van der Waals surface area contributed by atoms with Gasteiger partial charge in [-0.05, 0) is 68.5 Å². The topological polar surface area (TPSA) is 98.1 Å². The lowest BCUT2D eigenvalue weighted by atomic mass is 9.88. The summed E-state index contributed by atoms with van der Waals surface area (Å²) in [7, 11) is 0. The maximum atomic E-state index is 13.0. The third kappa shape index (κ3) is 4.53. The van der Waals surface area contributed by atoms with Crippen LogP contribution in [0.15, 0.2) is 42.9 Å². The Labute approximate surface area is 231 Å². The highest BCUT2D eigenvalue weighted by Gasteiger charge is 2.44. The van der Waals surface area contributed by atoms with Gasteiger partial charge < -0.3 is 19.5 Å². The third-order valence-electron chi connectivity index (χ3n) is 8.10. The largest absolute Gasteiger partial charge is 0.470 e. The van der Waals surface area contributed by atoms with Crippen molar-refractivity contribution in [1.82, 2.24) is 34.7 Å². The number of fused-ring (bicyclic) bond motifs is 3. The molecule has 1 amide bonds. The lowest BCUT2D eigenvalue weighted by Crippen LogP contribution is -2.69. The van der Waals surface area contributed by atoms with Gasteiger partial charge in [-0.2, -0.15) is 4.98 Å². The van der Waals surface area contributed by atoms with E-state index in [2.05, 4.69) is 33.3 Å². The van der Waals surface area contributed by atoms with Crippen LogP contribution in [0, 0.1) is 6.92 Å². The normalized spacial score (nSPS) is 21.1. The molecule has 2 saturated heterocycles. The molecule has 39 heavy (non-hydrogen) atoms. The molecule has 5 heterocycles. The Balaban J connectivity index is 1.25. The number of imidazole rings is 1. The molecule has 0 radical (unpaired) electrons. The van der Waals surface area contributed by atoms with Gasteiger partial charge in [0, 0.05) is 36.9 Å². The second kappa shape index (κ2) is 9.27. The highest BCUT2D eigenvalue weighted by atomic mass is 35.5. The summed E-state index contributed by atoms with van der Waals surface area (Å²) in [6.45, 7) is 6.34. The molecule has 7 rings (SSSR count). The third-order valence-corrected chi connectivity index (χ3v) is 8.41. The summed E-state index contributed by atoms with van der Waals surface area (Å²) in [5.74, 6) is 1.29. The number of rotatable bonds is 7. The molecule has 1 N–H and O–H groups in total. The number of carbonyl (C=O) groups is 1. The van der Waals surface area contributed by atoms with Gasteiger partial charge in [0.2, 0.25) is 11.8 Å². The van der Waals surface area contributed by atoms with E-state index in [1.807, 2.05) is 46.9 Å². The number of aromatic nitrogens is 5. The number of carbonyl (C=O) groups excluding carboxylic acids is 1. The number of hydrogen-bond donors (Lipinski definition) is 1. The molecule has 200 valence electrons. The van der Waals surface area contributed by atoms with E-state index in [0.29, 0.717) is 52.9 Å². The van der Waals surface area contributed by atoms with Crippen LogP contribution in [-0.2, 0) is 17.8 Å². The Kier molecular flexibility index (Phi) is 5.82. The van der Waals surface area contributed by atoms with E-state index >= 15 is 0 Å². The van der Waals surface area contributed by atoms with Gasteiger partial charge in [-0.1, -0.05) is 17.7 Å². The predicted molar refractivity (Wildman–Crippen MR) is 148 cm³/mol. The van der Waals surface area contributed by atoms with Crippen LogP contribution in [0.25, 0.3) is 22.6 Å². The van der Waals surface area contributed by atoms with Crippen LogP contribution in [0.2, 0.25) is 5.02 Å². The van der Waals surface area contributed by atoms with Crippen molar-refractivity contribution in [2.24, 2.45) is 0 Å². The Bertz CT molecular complexity index is 1580. The summed E-state index contributed by atoms with van der Waals surface area (Å²) < 4.78 is 8.26. The molecule has 3 aromatic heterocycles. The van der Waals surface area contributed by atoms with E-state index in [0.717, 1.165) is 54.7 Å². The van der Waals surface area contributed by atoms with Crippen LogP contribution in [0.1, 0.15) is 43.0 Å². The summed E-state index contributed by atoms with van der Waals surface area (Å²) in [4.78, 5) is 33.6. The van der Waals surface area contributed by atoms with Gasteiger partial charge in [0.1, 0.15) is 17.8 Å². The summed E-state index contributed by atoms with van der Waals surface area (Å²) in [6.07, 6.45) is 6.73. The van der Waals surface area contributed by atoms with Crippen LogP contribution < -0.4 is 10.1 Å². The minimum absolute atomic E-state index is 0.157. The molecule has 4 aromatic rings. The number of hydrogen-bond acceptors (Lipinski definition) is 7. The summed E-state index contributed by atoms with van der Waals surface area (Å²) in [6, 6.07) is 10.5. The van der Waals surface area contributed by atoms with Crippen molar-refractivity contribution >= 4 is 28.7 Å². The van der Waals surface area contributed by atoms with E-state index in [-0.39, 0.29) is 11.5 Å². The van der Waals surface area contributed by atoms with Crippen molar-refractivity contribution in [2.45, 2.75) is 63.8 Å². The van der Waals surface area contributed by atoms with E-state index in [1.54, 1.807) is 0 Å². The number of aryl methyl sites for hydroxylation is 1. The number of nitrogens with one attached hydrogen (secondary N) is 1. The van der Waals surface area contributed by atoms with Crippen LogP contribution in [0.3, 0.4) is 0 Å². The predicted octanol–water partition coefficient (Wildman–Crippen LogP) is 3.94. The van der Waals surface area contributed by atoms with E-state index in [4.69, 9.17) is 21.3 Å². The van der Waals surface area contributed by atoms with Gasteiger partial charge in [-0.25, -0.2) is 9.97 Å². The fourth-order valence-corrected chi connectivity index (χ4v) is 6.00. The molecule has 3 aliphatic rings. The average molecular weight is 544 g/mol. The first kappa shape index (κ1) is 24.5. The molecule has 1 saturated carbocycles. The minimum atomic E-state index is -0.208. The number of nitrogens with zero attached hydrogens (tertiary/aromatic N) is 6. The molecule has 9 nitrogen and oxygen atoms in total. The zero-order valence-electron chi connectivity index (χ0n) is 22.0. The van der Waals surface area contributed by atoms with Gasteiger partial charge >= 0.3 is 0 Å². The first-order valence-electron chi connectivity index (χ1n) is 13.5. The highest BCUT2D eigenvalue weighted by molar-refractivity contribution is 6.33. The Morgan fingerprint density at radius 2 is 1.97 bits per heavy atom. The molecule has 1 aliphatic carbocycles. The maximum absolute atomic E-state index is 13.0. The second-order valence-corrected chi connectivity index (χ2v) is 11.6. The maximum Gasteiger partial charge on any atom is 0.245 e. The first-order valence-corrected chi connectivity index (χ1v) is 13.9. The van der Waals surface area contributed by atoms with Gasteiger partial charge in [0.05, 0.1) is 23.7 Å². The molecule has 10 heteroatoms. The Morgan fingerprint density at radius 1 is 1.15 bits per heavy atom. The molecule has 0 spiro atoms. The smallest absolute Gasteiger partial charge is 0.245 e. The summed E-state index contributed by atoms with van der Waals surface area (Å²) >= 11 is 6.88. The van der Waals surface area contributed by atoms with Crippen molar-refractivity contribution in [1.29, 1.82) is 0 Å². The van der Waals surface area contributed by atoms with E-state index in [9.17, 15) is 4.79 Å². The standard InChI is InChI=1S/C29H30ClN7O2/c1-17-5-8-32-19(9-17)15-36-26(35-25-27(36)33-16-34-28(25)39-29(2)6-7-29)22-4-3-18(10-23(22)30)11-24(38)37-20-12-21(37)14-31-13-20/h3-5,8-10,16,20-21,31H,6-7,11-15H2,1-2H3. The second-order valence-electron chi connectivity index (χ2n) is 11.2. The van der Waals surface area contributed by atoms with Gasteiger partial charge in [-0.3, -0.25) is 9.78 Å². The summed E-state index contributed by atoms with van der Waals surface area (Å²) in [5.41, 5.74) is 4.71. The fourth-order valence-electron chi connectivity index (χ4n) is 5.71. The van der Waals surface area contributed by atoms with Crippen molar-refractivity contribution in [3.8, 4) is 17.3 Å². The lowest BCUT2D eigenvalue weighted by Gasteiger charge is -2.53. The molecule has 1 aromatic carbocycles. The molecular formula is C29H30ClN7O2. The number of ether oxygens (including phenoxy) is 1. The van der Waals surface area contributed by atoms with E-state index < -0.39 is 0 Å². The van der Waals surface area contributed by atoms with Crippen molar-refractivity contribution in [3.05, 3.63) is 64.7 Å². The number of piperidine rings is 1. The monoisotopic (exact) mass is 543 g/mol. The van der Waals surface area contributed by atoms with E-state index in [1.165, 1.54) is 6.33 Å². The number of pyridine rings is 1. The lowest BCUT2D eigenvalue weighted by molar-refractivity contribution is -0.146. The Hall–Kier alpha value is -3.56. The summed E-state index contributed by atoms with van der Waals surface area (Å²) in [5, 5.41) is 3.91. The van der Waals surface area contributed by atoms with Crippen molar-refractivity contribution in [2.75, 3.05) is 13.1 Å². The SMILES string of the molecule is Cc1ccnc(Cn2c(-c3ccc(CC(=O)N4C5CNCC4C5)cc3Cl)nc3c(OC4(C)CC4)ncnc32)c1. The van der Waals surface area contributed by atoms with Crippen LogP contribution in [0.4, 0.5) is 0 Å². The van der Waals surface area contributed by atoms with Crippen LogP contribution in [-0.4, -0.2) is 66.1 Å². The number of amides is 1. The zero-order chi connectivity index (χ0) is 26.7. The minimum Gasteiger partial charge on any atom is -0.470 e. The number of benzene rings is 1. The van der Waals surface area contributed by atoms with Crippen LogP contribution >= 0.6 is 11.6 Å². The highest BCUT2D eigenvalue weighted by Crippen LogP contribution is 2.41. The molecular weight excluding hydrogens is 514 g/mol. The molecule has 2 atom stereocenters. The fraction of sp³-hybridized carbons (Fsp3) is 0.414. The number of halogens is 1. The average Bonchev–Trinajstić information content (AvgIpc) is 3.52. The quantitative estimate of drug-likeness (QED) is 0.377. The van der Waals surface area contributed by atoms with Gasteiger partial charge in [-0.15, -0.1) is 0 Å². The van der Waals surface area contributed by atoms with Crippen molar-refractivity contribution < 1.29 is 9.53 Å².